The molecule has 0 heterocycles. The summed E-state index contributed by atoms with van der Waals surface area (Å²) in [5.74, 6) is 1.07. The topological polar surface area (TPSA) is 29.4 Å². The zero-order valence-electron chi connectivity index (χ0n) is 4.89. The number of thioether (sulfide) groups is 1. The summed E-state index contributed by atoms with van der Waals surface area (Å²) in [6, 6.07) is 0. The van der Waals surface area contributed by atoms with Crippen molar-refractivity contribution in [2.75, 3.05) is 18.6 Å². The summed E-state index contributed by atoms with van der Waals surface area (Å²) >= 11 is 1.76. The molecule has 0 saturated carbocycles. The third kappa shape index (κ3) is 5.73. The lowest BCUT2D eigenvalue weighted by molar-refractivity contribution is 0.562. The fraction of sp³-hybridized carbons (Fsp3) is 0.800. The van der Waals surface area contributed by atoms with Crippen LogP contribution in [0.1, 0.15) is 6.42 Å². The molecule has 0 radical (unpaired) electrons. The fourth-order valence-corrected chi connectivity index (χ4v) is 0.751. The number of rotatable bonds is 4. The second kappa shape index (κ2) is 6.73. The Bertz CT molecular complexity index is 88.4. The van der Waals surface area contributed by atoms with Crippen LogP contribution in [0.15, 0.2) is 4.99 Å². The minimum atomic E-state index is 0.629. The number of aliphatic imine (C=N–C) groups is 1. The van der Waals surface area contributed by atoms with Crippen molar-refractivity contribution in [3.8, 4) is 0 Å². The summed E-state index contributed by atoms with van der Waals surface area (Å²) in [6.07, 6.45) is 4.51. The average Bonchev–Trinajstić information content (AvgIpc) is 1.81. The molecular formula is C5H9NOS. The molecule has 8 heavy (non-hydrogen) atoms. The first-order valence-electron chi connectivity index (χ1n) is 2.44. The summed E-state index contributed by atoms with van der Waals surface area (Å²) in [7, 11) is 0. The van der Waals surface area contributed by atoms with Gasteiger partial charge in [0.25, 0.3) is 0 Å². The first-order chi connectivity index (χ1) is 3.91. The highest BCUT2D eigenvalue weighted by atomic mass is 32.2. The molecule has 0 saturated heterocycles. The van der Waals surface area contributed by atoms with Crippen molar-refractivity contribution in [3.05, 3.63) is 0 Å². The highest BCUT2D eigenvalue weighted by molar-refractivity contribution is 7.98. The minimum absolute atomic E-state index is 0.629. The van der Waals surface area contributed by atoms with Gasteiger partial charge in [-0.25, -0.2) is 9.79 Å². The van der Waals surface area contributed by atoms with Crippen LogP contribution in [0.5, 0.6) is 0 Å². The summed E-state index contributed by atoms with van der Waals surface area (Å²) in [6.45, 7) is 0.629. The van der Waals surface area contributed by atoms with Crippen molar-refractivity contribution < 1.29 is 4.79 Å². The van der Waals surface area contributed by atoms with Crippen LogP contribution in [0.25, 0.3) is 0 Å². The van der Waals surface area contributed by atoms with Crippen molar-refractivity contribution in [1.82, 2.24) is 0 Å². The van der Waals surface area contributed by atoms with Crippen LogP contribution >= 0.6 is 11.8 Å². The van der Waals surface area contributed by atoms with E-state index >= 15 is 0 Å². The van der Waals surface area contributed by atoms with Gasteiger partial charge in [0.15, 0.2) is 0 Å². The van der Waals surface area contributed by atoms with E-state index in [9.17, 15) is 4.79 Å². The molecule has 46 valence electrons. The van der Waals surface area contributed by atoms with Crippen molar-refractivity contribution in [2.24, 2.45) is 4.99 Å². The predicted octanol–water partition coefficient (Wildman–Crippen LogP) is 1.08. The fourth-order valence-electron chi connectivity index (χ4n) is 0.334. The predicted molar refractivity (Wildman–Crippen MR) is 36.0 cm³/mol. The van der Waals surface area contributed by atoms with Crippen LogP contribution in [-0.4, -0.2) is 24.6 Å². The molecule has 0 N–H and O–H groups in total. The van der Waals surface area contributed by atoms with Gasteiger partial charge in [-0.2, -0.15) is 11.8 Å². The Morgan fingerprint density at radius 3 is 3.00 bits per heavy atom. The van der Waals surface area contributed by atoms with E-state index in [4.69, 9.17) is 0 Å². The zero-order valence-corrected chi connectivity index (χ0v) is 5.70. The van der Waals surface area contributed by atoms with Crippen molar-refractivity contribution >= 4 is 17.8 Å². The van der Waals surface area contributed by atoms with Crippen molar-refractivity contribution in [2.45, 2.75) is 6.42 Å². The number of carbonyl (C=O) groups excluding carboxylic acids is 1. The maximum atomic E-state index is 9.47. The maximum absolute atomic E-state index is 9.47. The monoisotopic (exact) mass is 131 g/mol. The number of hydrogen-bond acceptors (Lipinski definition) is 3. The van der Waals surface area contributed by atoms with Gasteiger partial charge in [-0.15, -0.1) is 0 Å². The Morgan fingerprint density at radius 2 is 2.50 bits per heavy atom. The lowest BCUT2D eigenvalue weighted by atomic mass is 10.5. The molecule has 0 bridgehead atoms. The SMILES string of the molecule is CSCCCN=C=O. The summed E-state index contributed by atoms with van der Waals surface area (Å²) < 4.78 is 0. The third-order valence-corrected chi connectivity index (χ3v) is 1.38. The summed E-state index contributed by atoms with van der Waals surface area (Å²) in [5.41, 5.74) is 0. The van der Waals surface area contributed by atoms with E-state index in [1.165, 1.54) is 6.08 Å². The van der Waals surface area contributed by atoms with Crippen LogP contribution in [0.4, 0.5) is 0 Å². The molecule has 0 fully saturated rings. The van der Waals surface area contributed by atoms with Crippen LogP contribution in [0, 0.1) is 0 Å². The van der Waals surface area contributed by atoms with Gasteiger partial charge in [-0.05, 0) is 18.4 Å². The maximum Gasteiger partial charge on any atom is 0.234 e. The zero-order chi connectivity index (χ0) is 6.24. The highest BCUT2D eigenvalue weighted by Gasteiger charge is 1.79. The molecule has 0 aliphatic rings. The van der Waals surface area contributed by atoms with Crippen LogP contribution < -0.4 is 0 Å². The summed E-state index contributed by atoms with van der Waals surface area (Å²) in [4.78, 5) is 12.9. The van der Waals surface area contributed by atoms with Gasteiger partial charge in [-0.1, -0.05) is 0 Å². The third-order valence-electron chi connectivity index (χ3n) is 0.683. The lowest BCUT2D eigenvalue weighted by Gasteiger charge is -1.86. The van der Waals surface area contributed by atoms with E-state index in [0.29, 0.717) is 6.54 Å². The van der Waals surface area contributed by atoms with Crippen molar-refractivity contribution in [3.63, 3.8) is 0 Å². The first kappa shape index (κ1) is 7.73. The van der Waals surface area contributed by atoms with Gasteiger partial charge in [0.1, 0.15) is 0 Å². The second-order valence-electron chi connectivity index (χ2n) is 1.32. The van der Waals surface area contributed by atoms with E-state index < -0.39 is 0 Å². The van der Waals surface area contributed by atoms with Crippen LogP contribution in [0.3, 0.4) is 0 Å². The van der Waals surface area contributed by atoms with Gasteiger partial charge in [0.2, 0.25) is 6.08 Å². The highest BCUT2D eigenvalue weighted by Crippen LogP contribution is 1.93. The molecule has 0 aromatic carbocycles. The molecule has 2 nitrogen and oxygen atoms in total. The van der Waals surface area contributed by atoms with Gasteiger partial charge in [0.05, 0.1) is 6.54 Å². The Labute approximate surface area is 53.4 Å². The lowest BCUT2D eigenvalue weighted by Crippen LogP contribution is -1.81. The number of nitrogens with zero attached hydrogens (tertiary/aromatic N) is 1. The van der Waals surface area contributed by atoms with E-state index in [2.05, 4.69) is 4.99 Å². The van der Waals surface area contributed by atoms with Gasteiger partial charge in [-0.3, -0.25) is 0 Å². The van der Waals surface area contributed by atoms with E-state index in [1.807, 2.05) is 6.26 Å². The van der Waals surface area contributed by atoms with Gasteiger partial charge in [0, 0.05) is 0 Å². The first-order valence-corrected chi connectivity index (χ1v) is 3.83. The largest absolute Gasteiger partial charge is 0.234 e. The van der Waals surface area contributed by atoms with E-state index in [-0.39, 0.29) is 0 Å². The normalized spacial score (nSPS) is 8.12. The number of isocyanates is 1. The smallest absolute Gasteiger partial charge is 0.211 e. The quantitative estimate of drug-likeness (QED) is 0.324. The molecule has 0 spiro atoms. The van der Waals surface area contributed by atoms with E-state index in [1.54, 1.807) is 11.8 Å². The molecule has 0 aromatic heterocycles. The van der Waals surface area contributed by atoms with Gasteiger partial charge < -0.3 is 0 Å². The molecule has 3 heteroatoms. The molecule has 0 aliphatic carbocycles. The standard InChI is InChI=1S/C5H9NOS/c1-8-4-2-3-6-5-7/h2-4H2,1H3. The molecule has 0 atom stereocenters. The van der Waals surface area contributed by atoms with Crippen molar-refractivity contribution in [1.29, 1.82) is 0 Å². The average molecular weight is 131 g/mol. The van der Waals surface area contributed by atoms with Crippen LogP contribution in [-0.2, 0) is 4.79 Å². The molecular weight excluding hydrogens is 122 g/mol. The summed E-state index contributed by atoms with van der Waals surface area (Å²) in [5, 5.41) is 0. The molecule has 0 unspecified atom stereocenters. The number of hydrogen-bond donors (Lipinski definition) is 0. The van der Waals surface area contributed by atoms with E-state index in [0.717, 1.165) is 12.2 Å². The molecule has 0 aliphatic heterocycles. The van der Waals surface area contributed by atoms with Crippen LogP contribution in [0.2, 0.25) is 0 Å². The molecule has 0 aromatic rings. The Hall–Kier alpha value is -0.270. The Morgan fingerprint density at radius 1 is 1.75 bits per heavy atom. The Balaban J connectivity index is 2.82. The molecule has 0 rings (SSSR count). The van der Waals surface area contributed by atoms with Gasteiger partial charge >= 0.3 is 0 Å². The second-order valence-corrected chi connectivity index (χ2v) is 2.30. The minimum Gasteiger partial charge on any atom is -0.211 e. The molecule has 0 amide bonds. The Kier molecular flexibility index (Phi) is 6.50.